The summed E-state index contributed by atoms with van der Waals surface area (Å²) in [6.07, 6.45) is -1.07. The molecule has 0 radical (unpaired) electrons. The molecule has 1 aromatic heterocycles. The fraction of sp³-hybridized carbons (Fsp3) is 0.316. The lowest BCUT2D eigenvalue weighted by atomic mass is 9.96. The summed E-state index contributed by atoms with van der Waals surface area (Å²) in [5, 5.41) is 3.91. The number of aromatic nitrogens is 1. The highest BCUT2D eigenvalue weighted by atomic mass is 35.5. The van der Waals surface area contributed by atoms with E-state index in [0.717, 1.165) is 17.8 Å². The quantitative estimate of drug-likeness (QED) is 0.609. The third kappa shape index (κ3) is 5.01. The number of nitrogens with one attached hydrogen (secondary N) is 1. The van der Waals surface area contributed by atoms with Crippen molar-refractivity contribution in [1.82, 2.24) is 10.4 Å². The van der Waals surface area contributed by atoms with E-state index in [2.05, 4.69) is 15.5 Å². The van der Waals surface area contributed by atoms with Crippen LogP contribution in [0.5, 0.6) is 0 Å². The van der Waals surface area contributed by atoms with Crippen LogP contribution in [-0.4, -0.2) is 30.2 Å². The Bertz CT molecular complexity index is 850. The van der Waals surface area contributed by atoms with Crippen molar-refractivity contribution >= 4 is 29.5 Å². The second kappa shape index (κ2) is 8.60. The third-order valence-corrected chi connectivity index (χ3v) is 4.78. The SMILES string of the molecule is O=C(N/N=C/c1ccccc1)C1CCN(c2ncc(C(F)(F)F)cc2Cl)CC1. The number of pyridine rings is 1. The fourth-order valence-corrected chi connectivity index (χ4v) is 3.26. The maximum Gasteiger partial charge on any atom is 0.417 e. The van der Waals surface area contributed by atoms with Gasteiger partial charge >= 0.3 is 6.18 Å². The smallest absolute Gasteiger partial charge is 0.355 e. The Morgan fingerprint density at radius 3 is 2.54 bits per heavy atom. The fourth-order valence-electron chi connectivity index (χ4n) is 2.97. The first-order chi connectivity index (χ1) is 13.3. The lowest BCUT2D eigenvalue weighted by molar-refractivity contribution is -0.137. The standard InChI is InChI=1S/C19H18ClF3N4O/c20-16-10-15(19(21,22)23)12-24-17(16)27-8-6-14(7-9-27)18(28)26-25-11-13-4-2-1-3-5-13/h1-5,10-12,14H,6-9H2,(H,26,28)/b25-11+. The normalized spacial score (nSPS) is 15.8. The molecule has 0 bridgehead atoms. The molecular formula is C19H18ClF3N4O. The zero-order valence-electron chi connectivity index (χ0n) is 14.8. The minimum absolute atomic E-state index is 0.0508. The van der Waals surface area contributed by atoms with Gasteiger partial charge in [-0.2, -0.15) is 18.3 Å². The molecule has 0 spiro atoms. The predicted octanol–water partition coefficient (Wildman–Crippen LogP) is 4.12. The molecule has 9 heteroatoms. The first kappa shape index (κ1) is 20.1. The number of alkyl halides is 3. The van der Waals surface area contributed by atoms with Gasteiger partial charge in [-0.3, -0.25) is 4.79 Å². The zero-order chi connectivity index (χ0) is 20.1. The van der Waals surface area contributed by atoms with E-state index in [9.17, 15) is 18.0 Å². The number of carbonyl (C=O) groups excluding carboxylic acids is 1. The van der Waals surface area contributed by atoms with Gasteiger partial charge in [0.05, 0.1) is 16.8 Å². The van der Waals surface area contributed by atoms with Crippen molar-refractivity contribution in [2.75, 3.05) is 18.0 Å². The molecule has 3 rings (SSSR count). The molecule has 1 saturated heterocycles. The molecule has 0 saturated carbocycles. The first-order valence-electron chi connectivity index (χ1n) is 8.70. The highest BCUT2D eigenvalue weighted by Gasteiger charge is 2.33. The number of amides is 1. The van der Waals surface area contributed by atoms with Gasteiger partial charge in [0, 0.05) is 25.2 Å². The number of rotatable bonds is 4. The number of hydrogen-bond acceptors (Lipinski definition) is 4. The highest BCUT2D eigenvalue weighted by molar-refractivity contribution is 6.33. The van der Waals surface area contributed by atoms with Crippen LogP contribution in [0.1, 0.15) is 24.0 Å². The number of benzene rings is 1. The van der Waals surface area contributed by atoms with Crippen LogP contribution < -0.4 is 10.3 Å². The number of anilines is 1. The highest BCUT2D eigenvalue weighted by Crippen LogP contribution is 2.34. The van der Waals surface area contributed by atoms with Crippen LogP contribution in [0, 0.1) is 5.92 Å². The summed E-state index contributed by atoms with van der Waals surface area (Å²) in [5.74, 6) is -0.105. The lowest BCUT2D eigenvalue weighted by Gasteiger charge is -2.32. The van der Waals surface area contributed by atoms with Crippen LogP contribution in [0.3, 0.4) is 0 Å². The average molecular weight is 411 g/mol. The topological polar surface area (TPSA) is 57.6 Å². The van der Waals surface area contributed by atoms with Crippen molar-refractivity contribution in [3.63, 3.8) is 0 Å². The summed E-state index contributed by atoms with van der Waals surface area (Å²) >= 11 is 5.99. The van der Waals surface area contributed by atoms with Crippen molar-refractivity contribution in [2.45, 2.75) is 19.0 Å². The van der Waals surface area contributed by atoms with Crippen molar-refractivity contribution in [2.24, 2.45) is 11.0 Å². The summed E-state index contributed by atoms with van der Waals surface area (Å²) in [4.78, 5) is 17.9. The van der Waals surface area contributed by atoms with Gasteiger partial charge in [0.25, 0.3) is 0 Å². The molecule has 1 amide bonds. The van der Waals surface area contributed by atoms with Crippen molar-refractivity contribution in [3.05, 3.63) is 58.7 Å². The zero-order valence-corrected chi connectivity index (χ0v) is 15.5. The van der Waals surface area contributed by atoms with Gasteiger partial charge in [0.15, 0.2) is 0 Å². The molecule has 28 heavy (non-hydrogen) atoms. The summed E-state index contributed by atoms with van der Waals surface area (Å²) < 4.78 is 38.2. The van der Waals surface area contributed by atoms with Crippen LogP contribution in [-0.2, 0) is 11.0 Å². The Morgan fingerprint density at radius 1 is 1.25 bits per heavy atom. The van der Waals surface area contributed by atoms with Crippen LogP contribution in [0.4, 0.5) is 19.0 Å². The van der Waals surface area contributed by atoms with E-state index >= 15 is 0 Å². The monoisotopic (exact) mass is 410 g/mol. The van der Waals surface area contributed by atoms with E-state index < -0.39 is 11.7 Å². The van der Waals surface area contributed by atoms with Gasteiger partial charge in [0.2, 0.25) is 5.91 Å². The molecule has 1 fully saturated rings. The minimum atomic E-state index is -4.49. The van der Waals surface area contributed by atoms with Crippen molar-refractivity contribution in [1.29, 1.82) is 0 Å². The summed E-state index contributed by atoms with van der Waals surface area (Å²) in [6.45, 7) is 0.942. The van der Waals surface area contributed by atoms with E-state index in [1.807, 2.05) is 30.3 Å². The van der Waals surface area contributed by atoms with Gasteiger partial charge in [-0.15, -0.1) is 0 Å². The second-order valence-electron chi connectivity index (χ2n) is 6.43. The molecule has 1 aliphatic rings. The maximum atomic E-state index is 12.7. The first-order valence-corrected chi connectivity index (χ1v) is 9.08. The van der Waals surface area contributed by atoms with E-state index in [1.54, 1.807) is 11.1 Å². The summed E-state index contributed by atoms with van der Waals surface area (Å²) in [7, 11) is 0. The number of hydrazone groups is 1. The number of piperidine rings is 1. The Labute approximate surface area is 165 Å². The molecule has 1 N–H and O–H groups in total. The average Bonchev–Trinajstić information content (AvgIpc) is 2.68. The third-order valence-electron chi connectivity index (χ3n) is 4.50. The van der Waals surface area contributed by atoms with Crippen LogP contribution in [0.25, 0.3) is 0 Å². The Morgan fingerprint density at radius 2 is 1.93 bits per heavy atom. The van der Waals surface area contributed by atoms with Crippen molar-refractivity contribution in [3.8, 4) is 0 Å². The lowest BCUT2D eigenvalue weighted by Crippen LogP contribution is -2.39. The largest absolute Gasteiger partial charge is 0.417 e. The van der Waals surface area contributed by atoms with Crippen LogP contribution >= 0.6 is 11.6 Å². The number of hydrogen-bond donors (Lipinski definition) is 1. The summed E-state index contributed by atoms with van der Waals surface area (Å²) in [5.41, 5.74) is 2.53. The van der Waals surface area contributed by atoms with E-state index in [-0.39, 0.29) is 16.8 Å². The minimum Gasteiger partial charge on any atom is -0.355 e. The molecule has 2 heterocycles. The van der Waals surface area contributed by atoms with Crippen LogP contribution in [0.2, 0.25) is 5.02 Å². The Hall–Kier alpha value is -2.61. The van der Waals surface area contributed by atoms with E-state index in [4.69, 9.17) is 11.6 Å². The second-order valence-corrected chi connectivity index (χ2v) is 6.84. The molecular weight excluding hydrogens is 393 g/mol. The summed E-state index contributed by atoms with van der Waals surface area (Å²) in [6, 6.07) is 10.3. The van der Waals surface area contributed by atoms with E-state index in [1.165, 1.54) is 0 Å². The van der Waals surface area contributed by atoms with Gasteiger partial charge < -0.3 is 4.90 Å². The van der Waals surface area contributed by atoms with E-state index in [0.29, 0.717) is 31.7 Å². The Kier molecular flexibility index (Phi) is 6.18. The number of carbonyl (C=O) groups is 1. The Balaban J connectivity index is 1.54. The molecule has 0 atom stereocenters. The van der Waals surface area contributed by atoms with Crippen molar-refractivity contribution < 1.29 is 18.0 Å². The number of nitrogens with zero attached hydrogens (tertiary/aromatic N) is 3. The molecule has 1 aliphatic heterocycles. The molecule has 2 aromatic rings. The molecule has 0 unspecified atom stereocenters. The van der Waals surface area contributed by atoms with Gasteiger partial charge in [-0.05, 0) is 24.5 Å². The number of halogens is 4. The van der Waals surface area contributed by atoms with Gasteiger partial charge in [-0.1, -0.05) is 41.9 Å². The molecule has 1 aromatic carbocycles. The predicted molar refractivity (Wildman–Crippen MR) is 101 cm³/mol. The van der Waals surface area contributed by atoms with Crippen LogP contribution in [0.15, 0.2) is 47.7 Å². The maximum absolute atomic E-state index is 12.7. The molecule has 5 nitrogen and oxygen atoms in total. The van der Waals surface area contributed by atoms with Gasteiger partial charge in [0.1, 0.15) is 5.82 Å². The molecule has 0 aliphatic carbocycles. The van der Waals surface area contributed by atoms with Gasteiger partial charge in [-0.25, -0.2) is 10.4 Å². The molecule has 148 valence electrons.